The van der Waals surface area contributed by atoms with Crippen LogP contribution in [0.5, 0.6) is 0 Å². The SMILES string of the molecule is c1ccc([Si](OC(CP(C2CCCCC2)C2CCCCC2)C(CP(C2CCCCC2)C2CCCCC2)O[Si](c2ccccc2)(c2ccccc2)c2ccccc2)(c2ccccc2)c2ccccc2)cc1. The molecule has 0 aromatic heterocycles. The Morgan fingerprint density at radius 3 is 0.657 bits per heavy atom. The molecule has 10 rings (SSSR count). The van der Waals surface area contributed by atoms with Gasteiger partial charge in [-0.1, -0.05) is 275 Å². The van der Waals surface area contributed by atoms with Crippen LogP contribution in [0.4, 0.5) is 0 Å². The zero-order valence-corrected chi connectivity index (χ0v) is 45.8. The van der Waals surface area contributed by atoms with E-state index in [9.17, 15) is 0 Å². The maximum atomic E-state index is 8.96. The molecule has 2 nitrogen and oxygen atoms in total. The molecule has 6 aromatic carbocycles. The van der Waals surface area contributed by atoms with Crippen molar-refractivity contribution in [1.82, 2.24) is 0 Å². The second-order valence-electron chi connectivity index (χ2n) is 21.4. The van der Waals surface area contributed by atoms with Crippen LogP contribution >= 0.6 is 15.8 Å². The van der Waals surface area contributed by atoms with Gasteiger partial charge in [0, 0.05) is 0 Å². The van der Waals surface area contributed by atoms with Crippen molar-refractivity contribution in [3.8, 4) is 0 Å². The molecule has 0 bridgehead atoms. The van der Waals surface area contributed by atoms with Crippen LogP contribution in [0.15, 0.2) is 182 Å². The van der Waals surface area contributed by atoms with Crippen LogP contribution in [0, 0.1) is 0 Å². The van der Waals surface area contributed by atoms with Gasteiger partial charge in [0.2, 0.25) is 0 Å². The standard InChI is InChI=1S/C64H80O2P2Si2/c1-11-31-53(32-12-1)67(54-33-13-2-14-34-54)51-63(65-69(57-39-19-5-20-40-57,58-41-21-6-22-42-58)59-43-23-7-24-44-59)64(52-68(55-35-15-3-16-36-55)56-37-17-4-18-38-56)66-70(60-45-25-8-26-46-60,61-47-27-9-28-48-61)62-49-29-10-30-50-62/h5-10,19-30,39-50,53-56,63-64H,1-4,11-18,31-38,51-52H2. The third-order valence-corrected chi connectivity index (χ3v) is 32.7. The fourth-order valence-electron chi connectivity index (χ4n) is 13.6. The predicted molar refractivity (Wildman–Crippen MR) is 309 cm³/mol. The van der Waals surface area contributed by atoms with E-state index in [1.165, 1.54) is 160 Å². The van der Waals surface area contributed by atoms with E-state index in [4.69, 9.17) is 8.85 Å². The monoisotopic (exact) mass is 999 g/mol. The molecule has 4 aliphatic rings. The molecule has 366 valence electrons. The Balaban J connectivity index is 1.24. The summed E-state index contributed by atoms with van der Waals surface area (Å²) in [5.74, 6) is 0. The number of rotatable bonds is 19. The molecule has 6 heteroatoms. The van der Waals surface area contributed by atoms with Crippen molar-refractivity contribution in [2.24, 2.45) is 0 Å². The third-order valence-electron chi connectivity index (χ3n) is 17.1. The van der Waals surface area contributed by atoms with Crippen LogP contribution < -0.4 is 31.1 Å². The highest BCUT2D eigenvalue weighted by atomic mass is 31.1. The lowest BCUT2D eigenvalue weighted by Gasteiger charge is -2.48. The van der Waals surface area contributed by atoms with Crippen LogP contribution in [0.2, 0.25) is 0 Å². The van der Waals surface area contributed by atoms with Crippen LogP contribution in [-0.2, 0) is 8.85 Å². The number of hydrogen-bond acceptors (Lipinski definition) is 2. The van der Waals surface area contributed by atoms with Gasteiger partial charge in [-0.05, 0) is 117 Å². The van der Waals surface area contributed by atoms with Crippen LogP contribution in [0.3, 0.4) is 0 Å². The first-order valence-electron chi connectivity index (χ1n) is 27.9. The van der Waals surface area contributed by atoms with Gasteiger partial charge < -0.3 is 8.85 Å². The molecule has 2 atom stereocenters. The summed E-state index contributed by atoms with van der Waals surface area (Å²) in [6.45, 7) is 0. The van der Waals surface area contributed by atoms with Gasteiger partial charge in [0.25, 0.3) is 16.6 Å². The van der Waals surface area contributed by atoms with Crippen molar-refractivity contribution in [2.75, 3.05) is 12.3 Å². The Bertz CT molecular complexity index is 2000. The first-order valence-corrected chi connectivity index (χ1v) is 35.1. The quantitative estimate of drug-likeness (QED) is 0.0457. The van der Waals surface area contributed by atoms with Gasteiger partial charge in [0.15, 0.2) is 0 Å². The summed E-state index contributed by atoms with van der Waals surface area (Å²) in [4.78, 5) is 0. The van der Waals surface area contributed by atoms with Gasteiger partial charge in [-0.25, -0.2) is 0 Å². The van der Waals surface area contributed by atoms with Gasteiger partial charge in [-0.2, -0.15) is 0 Å². The van der Waals surface area contributed by atoms with Crippen molar-refractivity contribution in [1.29, 1.82) is 0 Å². The van der Waals surface area contributed by atoms with Crippen molar-refractivity contribution in [3.05, 3.63) is 182 Å². The topological polar surface area (TPSA) is 18.5 Å². The molecule has 4 saturated carbocycles. The summed E-state index contributed by atoms with van der Waals surface area (Å²) in [6, 6.07) is 69.5. The summed E-state index contributed by atoms with van der Waals surface area (Å²) in [5.41, 5.74) is 3.21. The molecule has 2 unspecified atom stereocenters. The average Bonchev–Trinajstić information content (AvgIpc) is 3.46. The lowest BCUT2D eigenvalue weighted by molar-refractivity contribution is 0.0794. The minimum atomic E-state index is -3.21. The van der Waals surface area contributed by atoms with E-state index in [-0.39, 0.29) is 28.1 Å². The van der Waals surface area contributed by atoms with Crippen LogP contribution in [0.1, 0.15) is 128 Å². The Kier molecular flexibility index (Phi) is 17.9. The van der Waals surface area contributed by atoms with Gasteiger partial charge in [0.1, 0.15) is 0 Å². The van der Waals surface area contributed by atoms with E-state index in [0.29, 0.717) is 0 Å². The second kappa shape index (κ2) is 25.0. The minimum absolute atomic E-state index is 0.0811. The van der Waals surface area contributed by atoms with Gasteiger partial charge >= 0.3 is 0 Å². The molecule has 0 amide bonds. The van der Waals surface area contributed by atoms with Crippen molar-refractivity contribution in [3.63, 3.8) is 0 Å². The lowest BCUT2D eigenvalue weighted by atomic mass is 9.99. The highest BCUT2D eigenvalue weighted by Crippen LogP contribution is 2.59. The fraction of sp³-hybridized carbons (Fsp3) is 0.438. The zero-order valence-electron chi connectivity index (χ0n) is 42.1. The van der Waals surface area contributed by atoms with E-state index in [2.05, 4.69) is 182 Å². The maximum absolute atomic E-state index is 8.96. The minimum Gasteiger partial charge on any atom is -0.398 e. The molecule has 70 heavy (non-hydrogen) atoms. The smallest absolute Gasteiger partial charge is 0.288 e. The third kappa shape index (κ3) is 11.5. The zero-order chi connectivity index (χ0) is 47.3. The largest absolute Gasteiger partial charge is 0.398 e. The normalized spacial score (nSPS) is 19.3. The Labute approximate surface area is 427 Å². The van der Waals surface area contributed by atoms with Gasteiger partial charge in [-0.15, -0.1) is 0 Å². The summed E-state index contributed by atoms with van der Waals surface area (Å²) < 4.78 is 17.9. The van der Waals surface area contributed by atoms with Crippen molar-refractivity contribution >= 4 is 63.6 Å². The molecule has 0 saturated heterocycles. The fourth-order valence-corrected chi connectivity index (χ4v) is 30.0. The van der Waals surface area contributed by atoms with E-state index in [1.54, 1.807) is 0 Å². The summed E-state index contributed by atoms with van der Waals surface area (Å²) in [6.07, 6.45) is 30.0. The van der Waals surface area contributed by atoms with Gasteiger partial charge in [-0.3, -0.25) is 0 Å². The molecule has 0 N–H and O–H groups in total. The molecular formula is C64H80O2P2Si2. The van der Waals surface area contributed by atoms with Crippen molar-refractivity contribution < 1.29 is 8.85 Å². The number of hydrogen-bond donors (Lipinski definition) is 0. The lowest BCUT2D eigenvalue weighted by Crippen LogP contribution is -2.74. The Morgan fingerprint density at radius 1 is 0.286 bits per heavy atom. The molecule has 0 heterocycles. The summed E-state index contributed by atoms with van der Waals surface area (Å²) >= 11 is 0. The molecule has 0 aliphatic heterocycles. The Morgan fingerprint density at radius 2 is 0.471 bits per heavy atom. The van der Waals surface area contributed by atoms with Crippen LogP contribution in [-0.4, -0.2) is 63.8 Å². The molecule has 0 radical (unpaired) electrons. The molecule has 4 aliphatic carbocycles. The molecule has 4 fully saturated rings. The average molecular weight is 999 g/mol. The maximum Gasteiger partial charge on any atom is 0.288 e. The molecule has 6 aromatic rings. The first-order chi connectivity index (χ1) is 34.7. The first kappa shape index (κ1) is 50.1. The highest BCUT2D eigenvalue weighted by molar-refractivity contribution is 7.59. The predicted octanol–water partition coefficient (Wildman–Crippen LogP) is 13.4. The van der Waals surface area contributed by atoms with Crippen LogP contribution in [0.25, 0.3) is 0 Å². The van der Waals surface area contributed by atoms with Crippen molar-refractivity contribution in [2.45, 2.75) is 163 Å². The molecular weight excluding hydrogens is 919 g/mol. The van der Waals surface area contributed by atoms with E-state index < -0.39 is 16.6 Å². The van der Waals surface area contributed by atoms with E-state index in [1.807, 2.05) is 0 Å². The summed E-state index contributed by atoms with van der Waals surface area (Å²) in [7, 11) is -7.11. The molecule has 0 spiro atoms. The van der Waals surface area contributed by atoms with E-state index >= 15 is 0 Å². The second-order valence-corrected chi connectivity index (χ2v) is 33.8. The Hall–Kier alpha value is -3.47. The van der Waals surface area contributed by atoms with Gasteiger partial charge in [0.05, 0.1) is 12.2 Å². The summed E-state index contributed by atoms with van der Waals surface area (Å²) in [5, 5.41) is 8.06. The van der Waals surface area contributed by atoms with E-state index in [0.717, 1.165) is 35.0 Å². The number of benzene rings is 6. The highest BCUT2D eigenvalue weighted by Gasteiger charge is 2.51.